The fourth-order valence-electron chi connectivity index (χ4n) is 3.78. The molecule has 0 saturated heterocycles. The zero-order chi connectivity index (χ0) is 22.2. The molecule has 2 heterocycles. The Hall–Kier alpha value is -2.33. The van der Waals surface area contributed by atoms with E-state index in [2.05, 4.69) is 10.3 Å². The number of benzene rings is 1. The molecule has 0 bridgehead atoms. The summed E-state index contributed by atoms with van der Waals surface area (Å²) in [6.45, 7) is 0. The fraction of sp³-hybridized carbons (Fsp3) is 0.381. The van der Waals surface area contributed by atoms with Gasteiger partial charge in [-0.25, -0.2) is 4.98 Å². The molecule has 4 rings (SSSR count). The van der Waals surface area contributed by atoms with Crippen LogP contribution < -0.4 is 10.9 Å². The van der Waals surface area contributed by atoms with Gasteiger partial charge in [0, 0.05) is 11.9 Å². The molecule has 1 aromatic carbocycles. The second-order valence-electron chi connectivity index (χ2n) is 7.26. The second-order valence-corrected chi connectivity index (χ2v) is 9.28. The van der Waals surface area contributed by atoms with Crippen LogP contribution in [-0.4, -0.2) is 28.3 Å². The Balaban J connectivity index is 2.00. The highest BCUT2D eigenvalue weighted by atomic mass is 32.2. The smallest absolute Gasteiger partial charge is 0.358 e. The van der Waals surface area contributed by atoms with Crippen molar-refractivity contribution in [3.63, 3.8) is 0 Å². The van der Waals surface area contributed by atoms with Crippen molar-refractivity contribution in [1.29, 1.82) is 0 Å². The van der Waals surface area contributed by atoms with Gasteiger partial charge in [-0.2, -0.15) is 13.2 Å². The van der Waals surface area contributed by atoms with Crippen LogP contribution in [0.4, 0.5) is 13.2 Å². The molecule has 2 aromatic heterocycles. The van der Waals surface area contributed by atoms with Crippen LogP contribution in [0.25, 0.3) is 15.9 Å². The second kappa shape index (κ2) is 8.66. The number of nitrogens with one attached hydrogen (secondary N) is 1. The number of rotatable bonds is 4. The van der Waals surface area contributed by atoms with E-state index < -0.39 is 17.3 Å². The maximum Gasteiger partial charge on any atom is 0.418 e. The third-order valence-electron chi connectivity index (χ3n) is 5.27. The number of hydrogen-bond acceptors (Lipinski definition) is 5. The first-order valence-electron chi connectivity index (χ1n) is 9.88. The summed E-state index contributed by atoms with van der Waals surface area (Å²) in [6.07, 6.45) is -0.0674. The lowest BCUT2D eigenvalue weighted by Gasteiger charge is -2.17. The maximum atomic E-state index is 13.7. The van der Waals surface area contributed by atoms with Crippen molar-refractivity contribution in [2.24, 2.45) is 0 Å². The van der Waals surface area contributed by atoms with Gasteiger partial charge in [-0.3, -0.25) is 14.2 Å². The molecule has 1 amide bonds. The number of fused-ring (bicyclic) bond motifs is 3. The van der Waals surface area contributed by atoms with Crippen LogP contribution in [0.5, 0.6) is 0 Å². The molecule has 0 unspecified atom stereocenters. The normalized spacial score (nSPS) is 14.3. The van der Waals surface area contributed by atoms with E-state index in [9.17, 15) is 22.8 Å². The Morgan fingerprint density at radius 1 is 1.23 bits per heavy atom. The molecule has 10 heteroatoms. The van der Waals surface area contributed by atoms with Crippen molar-refractivity contribution in [3.8, 4) is 5.69 Å². The molecule has 0 atom stereocenters. The summed E-state index contributed by atoms with van der Waals surface area (Å²) in [5.41, 5.74) is -0.791. The molecule has 1 aliphatic rings. The minimum Gasteiger partial charge on any atom is -0.358 e. The molecule has 0 fully saturated rings. The van der Waals surface area contributed by atoms with Crippen molar-refractivity contribution >= 4 is 39.2 Å². The molecule has 1 N–H and O–H groups in total. The number of thiophene rings is 1. The Kier molecular flexibility index (Phi) is 6.11. The minimum atomic E-state index is -4.64. The van der Waals surface area contributed by atoms with Gasteiger partial charge in [0.1, 0.15) is 4.83 Å². The molecule has 5 nitrogen and oxygen atoms in total. The summed E-state index contributed by atoms with van der Waals surface area (Å²) < 4.78 is 42.3. The van der Waals surface area contributed by atoms with E-state index in [1.54, 1.807) is 0 Å². The topological polar surface area (TPSA) is 64.0 Å². The Morgan fingerprint density at radius 2 is 1.97 bits per heavy atom. The number of alkyl halides is 3. The number of para-hydroxylation sites is 1. The van der Waals surface area contributed by atoms with Crippen molar-refractivity contribution in [1.82, 2.24) is 14.9 Å². The summed E-state index contributed by atoms with van der Waals surface area (Å²) in [5.74, 6) is -0.370. The standard InChI is InChI=1S/C21H20F3N3O2S2/c1-25-16(28)11-30-20-26-18-17(12-7-3-2-4-10-15(12)31-18)19(29)27(20)14-9-6-5-8-13(14)21(22,23)24/h5-6,8-9H,2-4,7,10-11H2,1H3,(H,25,28). The third kappa shape index (κ3) is 4.23. The average Bonchev–Trinajstić information content (AvgIpc) is 2.92. The number of amides is 1. The highest BCUT2D eigenvalue weighted by Gasteiger charge is 2.35. The van der Waals surface area contributed by atoms with Gasteiger partial charge in [-0.1, -0.05) is 30.3 Å². The number of thioether (sulfide) groups is 1. The van der Waals surface area contributed by atoms with E-state index in [-0.39, 0.29) is 22.5 Å². The summed E-state index contributed by atoms with van der Waals surface area (Å²) in [6, 6.07) is 4.97. The van der Waals surface area contributed by atoms with Crippen molar-refractivity contribution in [3.05, 3.63) is 50.6 Å². The first kappa shape index (κ1) is 21.9. The van der Waals surface area contributed by atoms with Crippen LogP contribution in [0.3, 0.4) is 0 Å². The Morgan fingerprint density at radius 3 is 2.71 bits per heavy atom. The lowest BCUT2D eigenvalue weighted by molar-refractivity contribution is -0.137. The van der Waals surface area contributed by atoms with Crippen molar-refractivity contribution in [2.45, 2.75) is 43.4 Å². The Labute approximate surface area is 184 Å². The molecule has 0 spiro atoms. The van der Waals surface area contributed by atoms with Gasteiger partial charge in [-0.15, -0.1) is 11.3 Å². The first-order valence-corrected chi connectivity index (χ1v) is 11.7. The van der Waals surface area contributed by atoms with Crippen molar-refractivity contribution in [2.75, 3.05) is 12.8 Å². The van der Waals surface area contributed by atoms with Gasteiger partial charge in [0.2, 0.25) is 5.91 Å². The van der Waals surface area contributed by atoms with Gasteiger partial charge in [0.25, 0.3) is 5.56 Å². The van der Waals surface area contributed by atoms with Gasteiger partial charge < -0.3 is 5.32 Å². The van der Waals surface area contributed by atoms with Crippen LogP contribution in [-0.2, 0) is 23.8 Å². The largest absolute Gasteiger partial charge is 0.418 e. The molecule has 1 aliphatic carbocycles. The van der Waals surface area contributed by atoms with Crippen LogP contribution in [0.1, 0.15) is 35.3 Å². The maximum absolute atomic E-state index is 13.7. The first-order chi connectivity index (χ1) is 14.8. The number of aromatic nitrogens is 2. The van der Waals surface area contributed by atoms with E-state index >= 15 is 0 Å². The summed E-state index contributed by atoms with van der Waals surface area (Å²) >= 11 is 2.39. The highest BCUT2D eigenvalue weighted by molar-refractivity contribution is 7.99. The van der Waals surface area contributed by atoms with Gasteiger partial charge >= 0.3 is 6.18 Å². The highest BCUT2D eigenvalue weighted by Crippen LogP contribution is 2.37. The summed E-state index contributed by atoms with van der Waals surface area (Å²) in [5, 5.41) is 2.96. The number of nitrogens with zero attached hydrogens (tertiary/aromatic N) is 2. The van der Waals surface area contributed by atoms with Crippen molar-refractivity contribution < 1.29 is 18.0 Å². The van der Waals surface area contributed by atoms with E-state index in [1.807, 2.05) is 0 Å². The molecule has 3 aromatic rings. The molecule has 31 heavy (non-hydrogen) atoms. The molecular weight excluding hydrogens is 447 g/mol. The molecule has 0 aliphatic heterocycles. The monoisotopic (exact) mass is 467 g/mol. The Bertz CT molecular complexity index is 1200. The number of aryl methyl sites for hydroxylation is 2. The third-order valence-corrected chi connectivity index (χ3v) is 7.39. The van der Waals surface area contributed by atoms with Crippen LogP contribution in [0.15, 0.2) is 34.2 Å². The van der Waals surface area contributed by atoms with E-state index in [0.29, 0.717) is 10.2 Å². The lowest BCUT2D eigenvalue weighted by atomic mass is 10.1. The van der Waals surface area contributed by atoms with Gasteiger partial charge in [-0.05, 0) is 43.4 Å². The summed E-state index contributed by atoms with van der Waals surface area (Å²) in [7, 11) is 1.47. The number of halogens is 3. The number of hydrogen-bond donors (Lipinski definition) is 1. The van der Waals surface area contributed by atoms with Crippen LogP contribution in [0.2, 0.25) is 0 Å². The molecule has 0 radical (unpaired) electrons. The van der Waals surface area contributed by atoms with Crippen LogP contribution in [0, 0.1) is 0 Å². The zero-order valence-electron chi connectivity index (χ0n) is 16.7. The predicted molar refractivity (Wildman–Crippen MR) is 116 cm³/mol. The summed E-state index contributed by atoms with van der Waals surface area (Å²) in [4.78, 5) is 31.6. The fourth-order valence-corrected chi connectivity index (χ4v) is 5.96. The van der Waals surface area contributed by atoms with Crippen LogP contribution >= 0.6 is 23.1 Å². The van der Waals surface area contributed by atoms with Gasteiger partial charge in [0.05, 0.1) is 22.4 Å². The SMILES string of the molecule is CNC(=O)CSc1nc2sc3c(c2c(=O)n1-c1ccccc1C(F)(F)F)CCCCC3. The predicted octanol–water partition coefficient (Wildman–Crippen LogP) is 4.57. The minimum absolute atomic E-state index is 0.0618. The average molecular weight is 468 g/mol. The van der Waals surface area contributed by atoms with Gasteiger partial charge in [0.15, 0.2) is 5.16 Å². The van der Waals surface area contributed by atoms with E-state index in [4.69, 9.17) is 0 Å². The molecule has 164 valence electrons. The number of carbonyl (C=O) groups excluding carboxylic acids is 1. The zero-order valence-corrected chi connectivity index (χ0v) is 18.3. The molecule has 0 saturated carbocycles. The van der Waals surface area contributed by atoms with E-state index in [0.717, 1.165) is 64.9 Å². The molecular formula is C21H20F3N3O2S2. The quantitative estimate of drug-likeness (QED) is 0.347. The number of carbonyl (C=O) groups is 1. The lowest BCUT2D eigenvalue weighted by Crippen LogP contribution is -2.26. The van der Waals surface area contributed by atoms with E-state index in [1.165, 1.54) is 36.6 Å².